The standard InChI is InChI=1S/C18H13BrFN5/c19-13-8-16-18(24-10-13)15(3-4-22-16)23-9-12-1-2-17(14(20)7-12)25-6-5-21-11-25/h1-8,10-11H,9H2,(H,22,23). The highest BCUT2D eigenvalue weighted by Crippen LogP contribution is 2.23. The number of hydrogen-bond donors (Lipinski definition) is 1. The van der Waals surface area contributed by atoms with Crippen LogP contribution in [0.1, 0.15) is 5.56 Å². The molecule has 4 aromatic rings. The van der Waals surface area contributed by atoms with Crippen molar-refractivity contribution in [3.8, 4) is 5.69 Å². The molecule has 0 radical (unpaired) electrons. The molecule has 0 aliphatic heterocycles. The fourth-order valence-electron chi connectivity index (χ4n) is 2.62. The van der Waals surface area contributed by atoms with Crippen LogP contribution in [0.5, 0.6) is 0 Å². The minimum atomic E-state index is -0.293. The Balaban J connectivity index is 1.57. The summed E-state index contributed by atoms with van der Waals surface area (Å²) in [5, 5.41) is 3.30. The average molecular weight is 398 g/mol. The number of nitrogens with zero attached hydrogens (tertiary/aromatic N) is 4. The lowest BCUT2D eigenvalue weighted by Crippen LogP contribution is -2.03. The third-order valence-corrected chi connectivity index (χ3v) is 4.26. The second-order valence-electron chi connectivity index (χ2n) is 5.49. The van der Waals surface area contributed by atoms with Crippen molar-refractivity contribution < 1.29 is 4.39 Å². The highest BCUT2D eigenvalue weighted by Gasteiger charge is 2.07. The highest BCUT2D eigenvalue weighted by molar-refractivity contribution is 9.10. The van der Waals surface area contributed by atoms with Crippen LogP contribution in [-0.4, -0.2) is 19.5 Å². The molecule has 0 atom stereocenters. The van der Waals surface area contributed by atoms with E-state index in [0.717, 1.165) is 26.8 Å². The van der Waals surface area contributed by atoms with Gasteiger partial charge >= 0.3 is 0 Å². The fraction of sp³-hybridized carbons (Fsp3) is 0.0556. The van der Waals surface area contributed by atoms with Gasteiger partial charge in [0.25, 0.3) is 0 Å². The average Bonchev–Trinajstić information content (AvgIpc) is 3.14. The van der Waals surface area contributed by atoms with Crippen molar-refractivity contribution in [3.05, 3.63) is 77.3 Å². The van der Waals surface area contributed by atoms with Gasteiger partial charge in [-0.05, 0) is 45.8 Å². The van der Waals surface area contributed by atoms with Crippen LogP contribution in [0.15, 0.2) is 65.9 Å². The van der Waals surface area contributed by atoms with Gasteiger partial charge in [0.1, 0.15) is 11.3 Å². The van der Waals surface area contributed by atoms with Crippen molar-refractivity contribution in [3.63, 3.8) is 0 Å². The molecule has 124 valence electrons. The molecule has 0 fully saturated rings. The van der Waals surface area contributed by atoms with Crippen molar-refractivity contribution in [2.75, 3.05) is 5.32 Å². The molecule has 0 bridgehead atoms. The van der Waals surface area contributed by atoms with Gasteiger partial charge in [0.2, 0.25) is 0 Å². The van der Waals surface area contributed by atoms with E-state index in [1.54, 1.807) is 41.7 Å². The van der Waals surface area contributed by atoms with Crippen LogP contribution in [0.3, 0.4) is 0 Å². The van der Waals surface area contributed by atoms with E-state index in [1.807, 2.05) is 18.2 Å². The number of anilines is 1. The molecule has 0 aliphatic rings. The third-order valence-electron chi connectivity index (χ3n) is 3.82. The second-order valence-corrected chi connectivity index (χ2v) is 6.40. The summed E-state index contributed by atoms with van der Waals surface area (Å²) in [5.74, 6) is -0.293. The maximum atomic E-state index is 14.3. The molecule has 7 heteroatoms. The number of fused-ring (bicyclic) bond motifs is 1. The first-order valence-corrected chi connectivity index (χ1v) is 8.41. The smallest absolute Gasteiger partial charge is 0.147 e. The van der Waals surface area contributed by atoms with Crippen LogP contribution in [0.2, 0.25) is 0 Å². The molecule has 0 saturated carbocycles. The number of imidazole rings is 1. The normalized spacial score (nSPS) is 11.0. The van der Waals surface area contributed by atoms with Gasteiger partial charge in [-0.3, -0.25) is 9.97 Å². The summed E-state index contributed by atoms with van der Waals surface area (Å²) >= 11 is 3.39. The molecule has 0 spiro atoms. The van der Waals surface area contributed by atoms with Gasteiger partial charge in [0, 0.05) is 35.8 Å². The number of aromatic nitrogens is 4. The Hall–Kier alpha value is -2.80. The molecule has 5 nitrogen and oxygen atoms in total. The van der Waals surface area contributed by atoms with E-state index in [4.69, 9.17) is 0 Å². The van der Waals surface area contributed by atoms with E-state index in [1.165, 1.54) is 6.07 Å². The zero-order valence-electron chi connectivity index (χ0n) is 13.0. The molecular weight excluding hydrogens is 385 g/mol. The topological polar surface area (TPSA) is 55.6 Å². The molecule has 0 amide bonds. The molecule has 0 unspecified atom stereocenters. The maximum absolute atomic E-state index is 14.3. The molecule has 0 saturated heterocycles. The molecule has 0 aliphatic carbocycles. The van der Waals surface area contributed by atoms with Gasteiger partial charge in [-0.2, -0.15) is 0 Å². The van der Waals surface area contributed by atoms with Gasteiger partial charge in [0.05, 0.1) is 23.2 Å². The maximum Gasteiger partial charge on any atom is 0.147 e. The van der Waals surface area contributed by atoms with E-state index in [9.17, 15) is 4.39 Å². The Morgan fingerprint density at radius 1 is 1.12 bits per heavy atom. The third kappa shape index (κ3) is 3.23. The zero-order valence-corrected chi connectivity index (χ0v) is 14.6. The summed E-state index contributed by atoms with van der Waals surface area (Å²) in [6, 6.07) is 8.93. The van der Waals surface area contributed by atoms with Crippen LogP contribution in [0.25, 0.3) is 16.7 Å². The molecular formula is C18H13BrFN5. The lowest BCUT2D eigenvalue weighted by molar-refractivity contribution is 0.616. The lowest BCUT2D eigenvalue weighted by Gasteiger charge is -2.10. The predicted molar refractivity (Wildman–Crippen MR) is 98.1 cm³/mol. The van der Waals surface area contributed by atoms with Crippen LogP contribution < -0.4 is 5.32 Å². The second kappa shape index (κ2) is 6.60. The Bertz CT molecular complexity index is 1030. The summed E-state index contributed by atoms with van der Waals surface area (Å²) in [4.78, 5) is 12.7. The Morgan fingerprint density at radius 3 is 2.84 bits per heavy atom. The van der Waals surface area contributed by atoms with E-state index in [2.05, 4.69) is 36.2 Å². The number of hydrogen-bond acceptors (Lipinski definition) is 4. The summed E-state index contributed by atoms with van der Waals surface area (Å²) in [6.07, 6.45) is 8.36. The largest absolute Gasteiger partial charge is 0.379 e. The number of rotatable bonds is 4. The predicted octanol–water partition coefficient (Wildman–Crippen LogP) is 4.33. The van der Waals surface area contributed by atoms with Gasteiger partial charge in [-0.15, -0.1) is 0 Å². The van der Waals surface area contributed by atoms with Crippen molar-refractivity contribution in [1.29, 1.82) is 0 Å². The van der Waals surface area contributed by atoms with E-state index < -0.39 is 0 Å². The molecule has 4 rings (SSSR count). The molecule has 3 heterocycles. The zero-order chi connectivity index (χ0) is 17.2. The summed E-state index contributed by atoms with van der Waals surface area (Å²) < 4.78 is 16.9. The number of benzene rings is 1. The first-order valence-electron chi connectivity index (χ1n) is 7.61. The Kier molecular flexibility index (Phi) is 4.15. The summed E-state index contributed by atoms with van der Waals surface area (Å²) in [7, 11) is 0. The van der Waals surface area contributed by atoms with Crippen molar-refractivity contribution in [1.82, 2.24) is 19.5 Å². The van der Waals surface area contributed by atoms with E-state index >= 15 is 0 Å². The molecule has 25 heavy (non-hydrogen) atoms. The Morgan fingerprint density at radius 2 is 2.04 bits per heavy atom. The highest BCUT2D eigenvalue weighted by atomic mass is 79.9. The van der Waals surface area contributed by atoms with Crippen LogP contribution >= 0.6 is 15.9 Å². The molecule has 3 aromatic heterocycles. The number of halogens is 2. The first kappa shape index (κ1) is 15.7. The summed E-state index contributed by atoms with van der Waals surface area (Å²) in [6.45, 7) is 0.484. The van der Waals surface area contributed by atoms with Gasteiger partial charge in [-0.1, -0.05) is 6.07 Å². The van der Waals surface area contributed by atoms with Gasteiger partial charge in [0.15, 0.2) is 0 Å². The fourth-order valence-corrected chi connectivity index (χ4v) is 2.94. The number of pyridine rings is 2. The van der Waals surface area contributed by atoms with E-state index in [0.29, 0.717) is 12.2 Å². The van der Waals surface area contributed by atoms with Crippen LogP contribution in [0, 0.1) is 5.82 Å². The van der Waals surface area contributed by atoms with Crippen molar-refractivity contribution in [2.45, 2.75) is 6.54 Å². The van der Waals surface area contributed by atoms with Crippen molar-refractivity contribution in [2.24, 2.45) is 0 Å². The van der Waals surface area contributed by atoms with Gasteiger partial charge < -0.3 is 9.88 Å². The van der Waals surface area contributed by atoms with Crippen LogP contribution in [0.4, 0.5) is 10.1 Å². The quantitative estimate of drug-likeness (QED) is 0.556. The molecule has 1 aromatic carbocycles. The monoisotopic (exact) mass is 397 g/mol. The van der Waals surface area contributed by atoms with Crippen molar-refractivity contribution >= 4 is 32.7 Å². The molecule has 1 N–H and O–H groups in total. The summed E-state index contributed by atoms with van der Waals surface area (Å²) in [5.41, 5.74) is 3.74. The minimum absolute atomic E-state index is 0.293. The SMILES string of the molecule is Fc1cc(CNc2ccnc3cc(Br)cnc23)ccc1-n1ccnc1. The Labute approximate surface area is 151 Å². The van der Waals surface area contributed by atoms with Crippen LogP contribution in [-0.2, 0) is 6.54 Å². The number of nitrogens with one attached hydrogen (secondary N) is 1. The van der Waals surface area contributed by atoms with Gasteiger partial charge in [-0.25, -0.2) is 9.37 Å². The minimum Gasteiger partial charge on any atom is -0.379 e. The first-order chi connectivity index (χ1) is 12.2. The van der Waals surface area contributed by atoms with E-state index in [-0.39, 0.29) is 5.82 Å². The lowest BCUT2D eigenvalue weighted by atomic mass is 10.2.